The van der Waals surface area contributed by atoms with Crippen LogP contribution in [0.5, 0.6) is 0 Å². The third kappa shape index (κ3) is 5.46. The first-order valence-corrected chi connectivity index (χ1v) is 14.1. The number of pyridine rings is 1. The van der Waals surface area contributed by atoms with Crippen molar-refractivity contribution in [2.75, 3.05) is 13.1 Å². The average Bonchev–Trinajstić information content (AvgIpc) is 3.35. The highest BCUT2D eigenvalue weighted by atomic mass is 15.3. The first kappa shape index (κ1) is 26.0. The van der Waals surface area contributed by atoms with Crippen LogP contribution in [0.4, 0.5) is 0 Å². The molecule has 1 aromatic heterocycles. The lowest BCUT2D eigenvalue weighted by molar-refractivity contribution is 0.211. The predicted octanol–water partition coefficient (Wildman–Crippen LogP) is 6.09. The molecule has 198 valence electrons. The Hall–Kier alpha value is -3.64. The van der Waals surface area contributed by atoms with Gasteiger partial charge < -0.3 is 21.3 Å². The van der Waals surface area contributed by atoms with Gasteiger partial charge in [-0.1, -0.05) is 75.7 Å². The minimum absolute atomic E-state index is 0.149. The summed E-state index contributed by atoms with van der Waals surface area (Å²) in [7, 11) is 0. The second-order valence-corrected chi connectivity index (χ2v) is 10.5. The molecular formula is C32H40N6. The van der Waals surface area contributed by atoms with Gasteiger partial charge in [0.15, 0.2) is 0 Å². The van der Waals surface area contributed by atoms with Crippen molar-refractivity contribution < 1.29 is 0 Å². The van der Waals surface area contributed by atoms with Gasteiger partial charge in [-0.2, -0.15) is 0 Å². The summed E-state index contributed by atoms with van der Waals surface area (Å²) in [6.07, 6.45) is 8.72. The lowest BCUT2D eigenvalue weighted by Gasteiger charge is -2.33. The smallest absolute Gasteiger partial charge is 0.149 e. The van der Waals surface area contributed by atoms with Crippen molar-refractivity contribution in [2.24, 2.45) is 22.6 Å². The van der Waals surface area contributed by atoms with Crippen LogP contribution >= 0.6 is 0 Å². The molecule has 1 unspecified atom stereocenters. The van der Waals surface area contributed by atoms with Crippen LogP contribution in [0.3, 0.4) is 0 Å². The van der Waals surface area contributed by atoms with Crippen molar-refractivity contribution in [1.29, 1.82) is 0 Å². The largest absolute Gasteiger partial charge is 0.382 e. The maximum atomic E-state index is 6.51. The van der Waals surface area contributed by atoms with Crippen LogP contribution in [0.15, 0.2) is 83.8 Å². The first-order valence-electron chi connectivity index (χ1n) is 14.1. The Bertz CT molecular complexity index is 1340. The maximum absolute atomic E-state index is 6.51. The van der Waals surface area contributed by atoms with Crippen molar-refractivity contribution in [3.63, 3.8) is 0 Å². The number of nitrogens with two attached hydrogens (primary N) is 1. The molecule has 3 heterocycles. The zero-order chi connectivity index (χ0) is 26.5. The minimum Gasteiger partial charge on any atom is -0.382 e. The normalized spacial score (nSPS) is 18.3. The molecule has 6 nitrogen and oxygen atoms in total. The number of amidine groups is 1. The van der Waals surface area contributed by atoms with E-state index in [9.17, 15) is 0 Å². The van der Waals surface area contributed by atoms with E-state index in [1.807, 2.05) is 24.4 Å². The number of aliphatic imine (C=N–C) groups is 1. The van der Waals surface area contributed by atoms with Crippen molar-refractivity contribution in [3.8, 4) is 11.3 Å². The molecule has 38 heavy (non-hydrogen) atoms. The Morgan fingerprint density at radius 3 is 2.61 bits per heavy atom. The molecule has 2 aliphatic heterocycles. The fraction of sp³-hybridized carbons (Fsp3) is 0.375. The highest BCUT2D eigenvalue weighted by Gasteiger charge is 2.38. The molecule has 4 N–H and O–H groups in total. The Kier molecular flexibility index (Phi) is 8.08. The minimum atomic E-state index is 0.149. The van der Waals surface area contributed by atoms with E-state index in [4.69, 9.17) is 10.7 Å². The van der Waals surface area contributed by atoms with Crippen LogP contribution < -0.4 is 16.4 Å². The molecule has 6 heteroatoms. The van der Waals surface area contributed by atoms with Gasteiger partial charge in [-0.15, -0.1) is 0 Å². The molecule has 2 aromatic carbocycles. The summed E-state index contributed by atoms with van der Waals surface area (Å²) >= 11 is 0. The van der Waals surface area contributed by atoms with E-state index in [2.05, 4.69) is 90.0 Å². The van der Waals surface area contributed by atoms with Gasteiger partial charge in [-0.05, 0) is 56.3 Å². The van der Waals surface area contributed by atoms with Crippen molar-refractivity contribution >= 4 is 22.4 Å². The number of hydrogen-bond donors (Lipinski definition) is 3. The standard InChI is InChI=1S/C32H40N6/c1-4-9-25(13-12-22(3)21-34-5-2)32-37-29(30-31(33)35-18-19-38(30)32)26-15-14-24-16-17-27(36-28(24)20-26)23-10-7-6-8-11-23/h6-8,10-11,14-20,22,25,32,34,37H,4-5,9,12-13,21H2,1-3H3,(H2,33,35)/t22-,25-,32?/m0/s1. The van der Waals surface area contributed by atoms with Crippen molar-refractivity contribution in [2.45, 2.75) is 52.6 Å². The number of aromatic nitrogens is 1. The molecule has 0 saturated heterocycles. The quantitative estimate of drug-likeness (QED) is 0.292. The van der Waals surface area contributed by atoms with Crippen LogP contribution in [-0.2, 0) is 0 Å². The number of nitrogens with one attached hydrogen (secondary N) is 2. The second-order valence-electron chi connectivity index (χ2n) is 10.5. The van der Waals surface area contributed by atoms with E-state index in [0.29, 0.717) is 17.7 Å². The fourth-order valence-corrected chi connectivity index (χ4v) is 5.66. The summed E-state index contributed by atoms with van der Waals surface area (Å²) in [5, 5.41) is 8.51. The third-order valence-corrected chi connectivity index (χ3v) is 7.70. The number of hydrogen-bond acceptors (Lipinski definition) is 6. The summed E-state index contributed by atoms with van der Waals surface area (Å²) in [5.74, 6) is 1.70. The first-order chi connectivity index (χ1) is 18.6. The molecule has 2 aliphatic rings. The van der Waals surface area contributed by atoms with Crippen molar-refractivity contribution in [3.05, 3.63) is 84.3 Å². The molecule has 0 fully saturated rings. The molecule has 3 aromatic rings. The van der Waals surface area contributed by atoms with Crippen LogP contribution in [0, 0.1) is 11.8 Å². The molecule has 3 atom stereocenters. The second kappa shape index (κ2) is 11.8. The van der Waals surface area contributed by atoms with Gasteiger partial charge in [0, 0.05) is 28.9 Å². The topological polar surface area (TPSA) is 78.6 Å². The van der Waals surface area contributed by atoms with E-state index in [1.54, 1.807) is 0 Å². The molecule has 5 rings (SSSR count). The molecule has 0 aliphatic carbocycles. The van der Waals surface area contributed by atoms with Gasteiger partial charge in [-0.3, -0.25) is 0 Å². The van der Waals surface area contributed by atoms with Crippen LogP contribution in [-0.4, -0.2) is 35.0 Å². The predicted molar refractivity (Wildman–Crippen MR) is 159 cm³/mol. The lowest BCUT2D eigenvalue weighted by Crippen LogP contribution is -2.43. The van der Waals surface area contributed by atoms with E-state index in [0.717, 1.165) is 65.0 Å². The number of fused-ring (bicyclic) bond motifs is 2. The van der Waals surface area contributed by atoms with E-state index >= 15 is 0 Å². The Morgan fingerprint density at radius 2 is 1.82 bits per heavy atom. The summed E-state index contributed by atoms with van der Waals surface area (Å²) < 4.78 is 0. The molecule has 0 radical (unpaired) electrons. The SMILES string of the molecule is CCC[C@@H](CC[C@H](C)CNCC)C1NC(c2ccc3ccc(-c4ccccc4)nc3c2)=C2C(N)=NC=CN21. The monoisotopic (exact) mass is 508 g/mol. The Labute approximate surface area is 226 Å². The van der Waals surface area contributed by atoms with Gasteiger partial charge in [0.25, 0.3) is 0 Å². The summed E-state index contributed by atoms with van der Waals surface area (Å²) in [5.41, 5.74) is 12.7. The van der Waals surface area contributed by atoms with Crippen LogP contribution in [0.25, 0.3) is 27.9 Å². The Morgan fingerprint density at radius 1 is 1.00 bits per heavy atom. The van der Waals surface area contributed by atoms with Gasteiger partial charge in [0.1, 0.15) is 17.7 Å². The summed E-state index contributed by atoms with van der Waals surface area (Å²) in [4.78, 5) is 11.8. The van der Waals surface area contributed by atoms with E-state index in [-0.39, 0.29) is 6.17 Å². The summed E-state index contributed by atoms with van der Waals surface area (Å²) in [6.45, 7) is 8.89. The molecular weight excluding hydrogens is 468 g/mol. The number of rotatable bonds is 11. The zero-order valence-corrected chi connectivity index (χ0v) is 22.8. The van der Waals surface area contributed by atoms with E-state index < -0.39 is 0 Å². The van der Waals surface area contributed by atoms with Crippen LogP contribution in [0.1, 0.15) is 52.0 Å². The molecule has 0 bridgehead atoms. The molecule has 0 amide bonds. The number of benzene rings is 2. The summed E-state index contributed by atoms with van der Waals surface area (Å²) in [6, 6.07) is 21.1. The molecule has 0 saturated carbocycles. The van der Waals surface area contributed by atoms with Gasteiger partial charge >= 0.3 is 0 Å². The highest BCUT2D eigenvalue weighted by molar-refractivity contribution is 6.05. The maximum Gasteiger partial charge on any atom is 0.149 e. The number of nitrogens with zero attached hydrogens (tertiary/aromatic N) is 3. The third-order valence-electron chi connectivity index (χ3n) is 7.70. The Balaban J connectivity index is 1.45. The lowest BCUT2D eigenvalue weighted by atomic mass is 9.90. The fourth-order valence-electron chi connectivity index (χ4n) is 5.66. The van der Waals surface area contributed by atoms with Gasteiger partial charge in [0.2, 0.25) is 0 Å². The van der Waals surface area contributed by atoms with Gasteiger partial charge in [0.05, 0.1) is 16.9 Å². The van der Waals surface area contributed by atoms with Crippen LogP contribution in [0.2, 0.25) is 0 Å². The molecule has 0 spiro atoms. The highest BCUT2D eigenvalue weighted by Crippen LogP contribution is 2.36. The zero-order valence-electron chi connectivity index (χ0n) is 22.8. The average molecular weight is 509 g/mol. The van der Waals surface area contributed by atoms with Crippen molar-refractivity contribution in [1.82, 2.24) is 20.5 Å². The van der Waals surface area contributed by atoms with Gasteiger partial charge in [-0.25, -0.2) is 9.98 Å². The van der Waals surface area contributed by atoms with E-state index in [1.165, 1.54) is 12.8 Å².